The average Bonchev–Trinajstić information content (AvgIpc) is 2.84. The quantitative estimate of drug-likeness (QED) is 0.224. The van der Waals surface area contributed by atoms with Gasteiger partial charge in [-0.2, -0.15) is 5.10 Å². The molecule has 176 valence electrons. The van der Waals surface area contributed by atoms with Crippen molar-refractivity contribution in [2.45, 2.75) is 12.7 Å². The molecule has 0 aliphatic carbocycles. The minimum Gasteiger partial charge on any atom is -0.490 e. The van der Waals surface area contributed by atoms with E-state index in [4.69, 9.17) is 26.8 Å². The van der Waals surface area contributed by atoms with Crippen molar-refractivity contribution in [3.05, 3.63) is 88.9 Å². The molecule has 3 rings (SSSR count). The van der Waals surface area contributed by atoms with Gasteiger partial charge < -0.3 is 20.5 Å². The molecule has 0 radical (unpaired) electrons. The Hall–Kier alpha value is -3.49. The minimum atomic E-state index is -0.334. The zero-order valence-corrected chi connectivity index (χ0v) is 20.2. The maximum absolute atomic E-state index is 12.2. The molecule has 0 atom stereocenters. The molecule has 0 bridgehead atoms. The number of nitrogens with two attached hydrogens (primary N) is 1. The third-order valence-corrected chi connectivity index (χ3v) is 5.55. The maximum atomic E-state index is 12.2. The number of ether oxygens (including phenoxy) is 2. The van der Waals surface area contributed by atoms with Crippen LogP contribution < -0.4 is 20.5 Å². The molecule has 1 amide bonds. The number of thioether (sulfide) groups is 1. The van der Waals surface area contributed by atoms with Gasteiger partial charge in [0.15, 0.2) is 23.3 Å². The fraction of sp³-hybridized carbons (Fsp3) is 0.160. The Morgan fingerprint density at radius 3 is 2.59 bits per heavy atom. The highest BCUT2D eigenvalue weighted by Gasteiger charge is 2.10. The highest BCUT2D eigenvalue weighted by atomic mass is 35.5. The zero-order chi connectivity index (χ0) is 24.2. The molecule has 0 aliphatic heterocycles. The Labute approximate surface area is 208 Å². The number of anilines is 1. The van der Waals surface area contributed by atoms with Crippen LogP contribution in [0.15, 0.2) is 83.0 Å². The summed E-state index contributed by atoms with van der Waals surface area (Å²) in [5.74, 6) is 1.32. The molecule has 0 spiro atoms. The van der Waals surface area contributed by atoms with Gasteiger partial charge >= 0.3 is 0 Å². The van der Waals surface area contributed by atoms with Crippen molar-refractivity contribution in [1.82, 2.24) is 0 Å². The molecule has 34 heavy (non-hydrogen) atoms. The summed E-state index contributed by atoms with van der Waals surface area (Å²) in [4.78, 5) is 12.2. The molecule has 0 saturated heterocycles. The molecule has 0 saturated carbocycles. The number of carbonyl (C=O) groups is 1. The van der Waals surface area contributed by atoms with Crippen LogP contribution in [-0.2, 0) is 10.5 Å². The number of amidine groups is 1. The van der Waals surface area contributed by atoms with Crippen molar-refractivity contribution in [2.24, 2.45) is 15.9 Å². The number of benzene rings is 3. The Bertz CT molecular complexity index is 1160. The van der Waals surface area contributed by atoms with E-state index >= 15 is 0 Å². The van der Waals surface area contributed by atoms with Crippen LogP contribution >= 0.6 is 23.4 Å². The van der Waals surface area contributed by atoms with Gasteiger partial charge in [0.1, 0.15) is 0 Å². The molecule has 3 N–H and O–H groups in total. The fourth-order valence-corrected chi connectivity index (χ4v) is 3.59. The molecular formula is C25H25ClN4O3S. The van der Waals surface area contributed by atoms with Crippen molar-refractivity contribution in [1.29, 1.82) is 0 Å². The number of halogens is 1. The van der Waals surface area contributed by atoms with E-state index in [0.29, 0.717) is 34.0 Å². The summed E-state index contributed by atoms with van der Waals surface area (Å²) in [6.07, 6.45) is 1.58. The summed E-state index contributed by atoms with van der Waals surface area (Å²) in [5.41, 5.74) is 8.36. The zero-order valence-electron chi connectivity index (χ0n) is 18.6. The Balaban J connectivity index is 1.57. The second-order valence-corrected chi connectivity index (χ2v) is 8.32. The highest BCUT2D eigenvalue weighted by molar-refractivity contribution is 8.13. The van der Waals surface area contributed by atoms with Crippen LogP contribution in [0, 0.1) is 0 Å². The molecule has 0 aromatic heterocycles. The second-order valence-electron chi connectivity index (χ2n) is 6.91. The molecule has 0 aliphatic rings. The van der Waals surface area contributed by atoms with E-state index in [1.807, 2.05) is 37.3 Å². The van der Waals surface area contributed by atoms with Crippen LogP contribution in [0.2, 0.25) is 5.02 Å². The van der Waals surface area contributed by atoms with Crippen molar-refractivity contribution >= 4 is 46.3 Å². The molecule has 0 fully saturated rings. The summed E-state index contributed by atoms with van der Waals surface area (Å²) in [6, 6.07) is 22.3. The standard InChI is InChI=1S/C25H25ClN4O3S/c1-2-32-23-14-19(15-28-30-25(27)34-17-18-8-4-3-5-9-18)12-13-22(23)33-16-24(31)29-21-11-7-6-10-20(21)26/h3-15H,2,16-17H2,1H3,(H2,27,30)(H,29,31). The predicted octanol–water partition coefficient (Wildman–Crippen LogP) is 5.34. The Morgan fingerprint density at radius 2 is 1.82 bits per heavy atom. The third-order valence-electron chi connectivity index (χ3n) is 4.37. The lowest BCUT2D eigenvalue weighted by molar-refractivity contribution is -0.118. The number of hydrogen-bond donors (Lipinski definition) is 2. The van der Waals surface area contributed by atoms with Gasteiger partial charge in [-0.05, 0) is 48.4 Å². The highest BCUT2D eigenvalue weighted by Crippen LogP contribution is 2.28. The molecule has 7 nitrogen and oxygen atoms in total. The number of rotatable bonds is 10. The van der Waals surface area contributed by atoms with Gasteiger partial charge in [0.25, 0.3) is 5.91 Å². The van der Waals surface area contributed by atoms with Crippen LogP contribution in [0.25, 0.3) is 0 Å². The van der Waals surface area contributed by atoms with Gasteiger partial charge in [-0.25, -0.2) is 0 Å². The Kier molecular flexibility index (Phi) is 9.81. The summed E-state index contributed by atoms with van der Waals surface area (Å²) >= 11 is 7.48. The molecule has 3 aromatic carbocycles. The summed E-state index contributed by atoms with van der Waals surface area (Å²) < 4.78 is 11.3. The summed E-state index contributed by atoms with van der Waals surface area (Å²) in [6.45, 7) is 2.10. The van der Waals surface area contributed by atoms with Crippen molar-refractivity contribution in [2.75, 3.05) is 18.5 Å². The molecule has 3 aromatic rings. The maximum Gasteiger partial charge on any atom is 0.262 e. The van der Waals surface area contributed by atoms with Crippen molar-refractivity contribution < 1.29 is 14.3 Å². The lowest BCUT2D eigenvalue weighted by Crippen LogP contribution is -2.20. The van der Waals surface area contributed by atoms with E-state index < -0.39 is 0 Å². The first-order chi connectivity index (χ1) is 16.5. The number of nitrogens with zero attached hydrogens (tertiary/aromatic N) is 2. The Morgan fingerprint density at radius 1 is 1.06 bits per heavy atom. The fourth-order valence-electron chi connectivity index (χ4n) is 2.80. The van der Waals surface area contributed by atoms with E-state index in [9.17, 15) is 4.79 Å². The number of nitrogens with one attached hydrogen (secondary N) is 1. The van der Waals surface area contributed by atoms with E-state index in [1.165, 1.54) is 11.8 Å². The third kappa shape index (κ3) is 8.13. The minimum absolute atomic E-state index is 0.196. The summed E-state index contributed by atoms with van der Waals surface area (Å²) in [7, 11) is 0. The average molecular weight is 497 g/mol. The molecule has 9 heteroatoms. The van der Waals surface area contributed by atoms with Gasteiger partial charge in [0.05, 0.1) is 23.5 Å². The van der Waals surface area contributed by atoms with E-state index in [2.05, 4.69) is 15.5 Å². The van der Waals surface area contributed by atoms with Crippen LogP contribution in [0.4, 0.5) is 5.69 Å². The first-order valence-corrected chi connectivity index (χ1v) is 11.9. The van der Waals surface area contributed by atoms with Crippen molar-refractivity contribution in [3.63, 3.8) is 0 Å². The largest absolute Gasteiger partial charge is 0.490 e. The number of hydrogen-bond acceptors (Lipinski definition) is 6. The van der Waals surface area contributed by atoms with E-state index in [1.54, 1.807) is 48.7 Å². The lowest BCUT2D eigenvalue weighted by Gasteiger charge is -2.13. The molecule has 0 heterocycles. The predicted molar refractivity (Wildman–Crippen MR) is 140 cm³/mol. The van der Waals surface area contributed by atoms with Gasteiger partial charge in [0.2, 0.25) is 0 Å². The lowest BCUT2D eigenvalue weighted by atomic mass is 10.2. The first-order valence-electron chi connectivity index (χ1n) is 10.5. The normalized spacial score (nSPS) is 11.4. The van der Waals surface area contributed by atoms with Crippen molar-refractivity contribution in [3.8, 4) is 11.5 Å². The van der Waals surface area contributed by atoms with Gasteiger partial charge in [0, 0.05) is 5.75 Å². The number of para-hydroxylation sites is 1. The van der Waals surface area contributed by atoms with Gasteiger partial charge in [-0.1, -0.05) is 65.8 Å². The second kappa shape index (κ2) is 13.3. The topological polar surface area (TPSA) is 98.3 Å². The smallest absolute Gasteiger partial charge is 0.262 e. The number of carbonyl (C=O) groups excluding carboxylic acids is 1. The van der Waals surface area contributed by atoms with Crippen LogP contribution in [0.5, 0.6) is 11.5 Å². The van der Waals surface area contributed by atoms with E-state index in [-0.39, 0.29) is 12.5 Å². The van der Waals surface area contributed by atoms with Crippen LogP contribution in [-0.4, -0.2) is 30.5 Å². The SMILES string of the molecule is CCOc1cc(C=NN=C(N)SCc2ccccc2)ccc1OCC(=O)Nc1ccccc1Cl. The monoisotopic (exact) mass is 496 g/mol. The number of amides is 1. The van der Waals surface area contributed by atoms with Gasteiger partial charge in [-0.3, -0.25) is 4.79 Å². The molecule has 0 unspecified atom stereocenters. The first kappa shape index (κ1) is 25.1. The van der Waals surface area contributed by atoms with Crippen LogP contribution in [0.1, 0.15) is 18.1 Å². The van der Waals surface area contributed by atoms with Gasteiger partial charge in [-0.15, -0.1) is 5.10 Å². The van der Waals surface area contributed by atoms with Crippen LogP contribution in [0.3, 0.4) is 0 Å². The summed E-state index contributed by atoms with van der Waals surface area (Å²) in [5, 5.41) is 11.6. The van der Waals surface area contributed by atoms with E-state index in [0.717, 1.165) is 16.9 Å². The molecular weight excluding hydrogens is 472 g/mol.